The number of rotatable bonds is 3. The van der Waals surface area contributed by atoms with Crippen LogP contribution in [-0.4, -0.2) is 25.9 Å². The molecule has 0 saturated carbocycles. The third kappa shape index (κ3) is 2.59. The molecule has 1 radical (unpaired) electrons. The van der Waals surface area contributed by atoms with Gasteiger partial charge < -0.3 is 4.90 Å². The number of carbonyl (C=O) groups excluding carboxylic acids is 1. The van der Waals surface area contributed by atoms with Gasteiger partial charge in [-0.25, -0.2) is 0 Å². The summed E-state index contributed by atoms with van der Waals surface area (Å²) in [5.41, 5.74) is 0.138. The smallest absolute Gasteiger partial charge is 0.296 e. The van der Waals surface area contributed by atoms with E-state index < -0.39 is 10.1 Å². The molecule has 5 nitrogen and oxygen atoms in total. The van der Waals surface area contributed by atoms with Crippen molar-refractivity contribution in [2.75, 3.05) is 11.9 Å². The van der Waals surface area contributed by atoms with Crippen molar-refractivity contribution in [3.63, 3.8) is 0 Å². The van der Waals surface area contributed by atoms with Crippen LogP contribution < -0.4 is 4.90 Å². The normalized spacial score (nSPS) is 11.2. The molecule has 0 aromatic heterocycles. The van der Waals surface area contributed by atoms with Crippen LogP contribution in [0.1, 0.15) is 6.42 Å². The van der Waals surface area contributed by atoms with E-state index in [1.807, 2.05) is 0 Å². The fourth-order valence-corrected chi connectivity index (χ4v) is 1.97. The number of anilines is 1. The van der Waals surface area contributed by atoms with Crippen LogP contribution in [0.5, 0.6) is 0 Å². The molecule has 1 aromatic rings. The molecule has 0 unspecified atom stereocenters. The summed E-state index contributed by atoms with van der Waals surface area (Å²) in [5, 5.41) is 0. The molecule has 0 aliphatic rings. The highest BCUT2D eigenvalue weighted by Gasteiger charge is 2.19. The van der Waals surface area contributed by atoms with Gasteiger partial charge in [0.15, 0.2) is 0 Å². The number of para-hydroxylation sites is 1. The molecular formula is C10H12NO4S. The Hall–Kier alpha value is -1.40. The van der Waals surface area contributed by atoms with Crippen LogP contribution in [0.3, 0.4) is 0 Å². The zero-order chi connectivity index (χ0) is 12.3. The first-order valence-electron chi connectivity index (χ1n) is 4.50. The van der Waals surface area contributed by atoms with Gasteiger partial charge in [-0.15, -0.1) is 0 Å². The van der Waals surface area contributed by atoms with Gasteiger partial charge in [-0.1, -0.05) is 12.1 Å². The monoisotopic (exact) mass is 242 g/mol. The Balaban J connectivity index is 3.30. The van der Waals surface area contributed by atoms with Gasteiger partial charge in [0.2, 0.25) is 5.91 Å². The van der Waals surface area contributed by atoms with Crippen LogP contribution >= 0.6 is 0 Å². The van der Waals surface area contributed by atoms with E-state index in [-0.39, 0.29) is 22.9 Å². The Bertz CT molecular complexity index is 495. The lowest BCUT2D eigenvalue weighted by atomic mass is 10.3. The fourth-order valence-electron chi connectivity index (χ4n) is 1.25. The zero-order valence-electron chi connectivity index (χ0n) is 8.75. The Labute approximate surface area is 94.4 Å². The summed E-state index contributed by atoms with van der Waals surface area (Å²) in [6, 6.07) is 5.72. The van der Waals surface area contributed by atoms with Crippen molar-refractivity contribution >= 4 is 21.7 Å². The topological polar surface area (TPSA) is 74.7 Å². The molecule has 0 fully saturated rings. The molecule has 1 N–H and O–H groups in total. The maximum Gasteiger partial charge on any atom is 0.296 e. The molecule has 0 heterocycles. The van der Waals surface area contributed by atoms with Gasteiger partial charge in [0, 0.05) is 13.5 Å². The Morgan fingerprint density at radius 2 is 2.00 bits per heavy atom. The summed E-state index contributed by atoms with van der Waals surface area (Å²) in [7, 11) is -2.91. The minimum absolute atomic E-state index is 0.0102. The van der Waals surface area contributed by atoms with E-state index in [0.29, 0.717) is 0 Å². The van der Waals surface area contributed by atoms with Crippen molar-refractivity contribution < 1.29 is 17.8 Å². The fraction of sp³-hybridized carbons (Fsp3) is 0.200. The van der Waals surface area contributed by atoms with Crippen molar-refractivity contribution in [1.82, 2.24) is 0 Å². The Morgan fingerprint density at radius 3 is 2.50 bits per heavy atom. The van der Waals surface area contributed by atoms with E-state index in [9.17, 15) is 13.2 Å². The van der Waals surface area contributed by atoms with E-state index in [2.05, 4.69) is 6.92 Å². The summed E-state index contributed by atoms with van der Waals surface area (Å²) in [4.78, 5) is 12.2. The summed E-state index contributed by atoms with van der Waals surface area (Å²) < 4.78 is 31.1. The van der Waals surface area contributed by atoms with E-state index in [4.69, 9.17) is 4.55 Å². The van der Waals surface area contributed by atoms with Gasteiger partial charge in [0.05, 0.1) is 5.69 Å². The minimum atomic E-state index is -4.33. The molecule has 6 heteroatoms. The number of hydrogen-bond donors (Lipinski definition) is 1. The number of amides is 1. The van der Waals surface area contributed by atoms with Gasteiger partial charge in [-0.05, 0) is 19.1 Å². The SMILES string of the molecule is [CH2]CC(=O)N(C)c1ccccc1S(=O)(=O)O. The summed E-state index contributed by atoms with van der Waals surface area (Å²) in [5.74, 6) is -0.337. The predicted octanol–water partition coefficient (Wildman–Crippen LogP) is 1.12. The maximum atomic E-state index is 11.4. The van der Waals surface area contributed by atoms with Gasteiger partial charge in [0.1, 0.15) is 4.90 Å². The molecule has 1 rings (SSSR count). The standard InChI is InChI=1S/C10H12NO4S/c1-3-10(12)11(2)8-6-4-5-7-9(8)16(13,14)15/h4-7H,1,3H2,2H3,(H,13,14,15). The molecule has 1 aromatic carbocycles. The molecule has 0 atom stereocenters. The van der Waals surface area contributed by atoms with Crippen LogP contribution in [0.25, 0.3) is 0 Å². The summed E-state index contributed by atoms with van der Waals surface area (Å²) >= 11 is 0. The van der Waals surface area contributed by atoms with E-state index in [1.54, 1.807) is 6.07 Å². The summed E-state index contributed by atoms with van der Waals surface area (Å²) in [6.45, 7) is 3.42. The lowest BCUT2D eigenvalue weighted by Crippen LogP contribution is -2.26. The first kappa shape index (κ1) is 12.7. The van der Waals surface area contributed by atoms with E-state index in [1.165, 1.54) is 25.2 Å². The predicted molar refractivity (Wildman–Crippen MR) is 59.6 cm³/mol. The molecule has 0 aliphatic heterocycles. The Kier molecular flexibility index (Phi) is 3.66. The highest BCUT2D eigenvalue weighted by Crippen LogP contribution is 2.24. The average molecular weight is 242 g/mol. The highest BCUT2D eigenvalue weighted by atomic mass is 32.2. The molecule has 1 amide bonds. The van der Waals surface area contributed by atoms with Gasteiger partial charge in [-0.2, -0.15) is 8.42 Å². The van der Waals surface area contributed by atoms with Gasteiger partial charge in [-0.3, -0.25) is 9.35 Å². The van der Waals surface area contributed by atoms with Crippen LogP contribution in [-0.2, 0) is 14.9 Å². The van der Waals surface area contributed by atoms with Crippen molar-refractivity contribution in [2.24, 2.45) is 0 Å². The number of benzene rings is 1. The first-order chi connectivity index (χ1) is 7.38. The van der Waals surface area contributed by atoms with Crippen LogP contribution in [0, 0.1) is 6.92 Å². The lowest BCUT2D eigenvalue weighted by molar-refractivity contribution is -0.117. The van der Waals surface area contributed by atoms with Crippen molar-refractivity contribution in [3.8, 4) is 0 Å². The number of carbonyl (C=O) groups is 1. The van der Waals surface area contributed by atoms with Crippen LogP contribution in [0.15, 0.2) is 29.2 Å². The lowest BCUT2D eigenvalue weighted by Gasteiger charge is -2.18. The second-order valence-electron chi connectivity index (χ2n) is 3.15. The number of hydrogen-bond acceptors (Lipinski definition) is 3. The molecular weight excluding hydrogens is 230 g/mol. The van der Waals surface area contributed by atoms with Crippen LogP contribution in [0.4, 0.5) is 5.69 Å². The maximum absolute atomic E-state index is 11.4. The molecule has 0 spiro atoms. The van der Waals surface area contributed by atoms with Gasteiger partial charge in [0.25, 0.3) is 10.1 Å². The van der Waals surface area contributed by atoms with E-state index in [0.717, 1.165) is 4.90 Å². The molecule has 0 bridgehead atoms. The minimum Gasteiger partial charge on any atom is -0.314 e. The summed E-state index contributed by atoms with van der Waals surface area (Å²) in [6.07, 6.45) is 0.0102. The number of nitrogens with zero attached hydrogens (tertiary/aromatic N) is 1. The van der Waals surface area contributed by atoms with Crippen molar-refractivity contribution in [2.45, 2.75) is 11.3 Å². The average Bonchev–Trinajstić information content (AvgIpc) is 2.26. The molecule has 0 aliphatic carbocycles. The second-order valence-corrected chi connectivity index (χ2v) is 4.54. The molecule has 87 valence electrons. The van der Waals surface area contributed by atoms with Gasteiger partial charge >= 0.3 is 0 Å². The third-order valence-corrected chi connectivity index (χ3v) is 2.99. The van der Waals surface area contributed by atoms with Crippen molar-refractivity contribution in [3.05, 3.63) is 31.2 Å². The van der Waals surface area contributed by atoms with Crippen molar-refractivity contribution in [1.29, 1.82) is 0 Å². The third-order valence-electron chi connectivity index (χ3n) is 2.09. The highest BCUT2D eigenvalue weighted by molar-refractivity contribution is 7.86. The molecule has 16 heavy (non-hydrogen) atoms. The quantitative estimate of drug-likeness (QED) is 0.806. The zero-order valence-corrected chi connectivity index (χ0v) is 9.57. The first-order valence-corrected chi connectivity index (χ1v) is 5.94. The van der Waals surface area contributed by atoms with Crippen LogP contribution in [0.2, 0.25) is 0 Å². The largest absolute Gasteiger partial charge is 0.314 e. The second kappa shape index (κ2) is 4.63. The van der Waals surface area contributed by atoms with E-state index >= 15 is 0 Å². The molecule has 0 saturated heterocycles. The Morgan fingerprint density at radius 1 is 1.44 bits per heavy atom.